The number of anilines is 1. The van der Waals surface area contributed by atoms with E-state index in [0.29, 0.717) is 37.3 Å². The van der Waals surface area contributed by atoms with Gasteiger partial charge in [0.1, 0.15) is 11.4 Å². The van der Waals surface area contributed by atoms with Crippen LogP contribution >= 0.6 is 0 Å². The van der Waals surface area contributed by atoms with Gasteiger partial charge in [-0.25, -0.2) is 8.42 Å². The zero-order valence-electron chi connectivity index (χ0n) is 21.8. The Kier molecular flexibility index (Phi) is 7.40. The van der Waals surface area contributed by atoms with Crippen LogP contribution < -0.4 is 10.2 Å². The molecule has 1 unspecified atom stereocenters. The lowest BCUT2D eigenvalue weighted by Crippen LogP contribution is -2.48. The molecule has 1 saturated carbocycles. The summed E-state index contributed by atoms with van der Waals surface area (Å²) in [5, 5.41) is 7.62. The predicted molar refractivity (Wildman–Crippen MR) is 141 cm³/mol. The van der Waals surface area contributed by atoms with Gasteiger partial charge in [-0.1, -0.05) is 37.5 Å². The predicted octanol–water partition coefficient (Wildman–Crippen LogP) is 2.94. The number of carbonyl (C=O) groups excluding carboxylic acids is 2. The number of amides is 2. The van der Waals surface area contributed by atoms with Gasteiger partial charge in [0.15, 0.2) is 0 Å². The molecule has 1 saturated heterocycles. The lowest BCUT2D eigenvalue weighted by molar-refractivity contribution is -0.127. The van der Waals surface area contributed by atoms with Gasteiger partial charge in [-0.3, -0.25) is 14.3 Å². The van der Waals surface area contributed by atoms with E-state index >= 15 is 0 Å². The zero-order valence-corrected chi connectivity index (χ0v) is 22.6. The van der Waals surface area contributed by atoms with E-state index in [1.54, 1.807) is 18.7 Å². The summed E-state index contributed by atoms with van der Waals surface area (Å²) in [7, 11) is -3.86. The Labute approximate surface area is 219 Å². The maximum Gasteiger partial charge on any atom is 0.248 e. The van der Waals surface area contributed by atoms with Crippen molar-refractivity contribution in [3.05, 3.63) is 41.2 Å². The van der Waals surface area contributed by atoms with Crippen LogP contribution in [-0.2, 0) is 32.6 Å². The van der Waals surface area contributed by atoms with E-state index < -0.39 is 10.0 Å². The van der Waals surface area contributed by atoms with E-state index in [1.165, 1.54) is 15.4 Å². The molecular weight excluding hydrogens is 490 g/mol. The van der Waals surface area contributed by atoms with Crippen LogP contribution in [0.1, 0.15) is 61.9 Å². The first-order valence-electron chi connectivity index (χ1n) is 13.5. The second kappa shape index (κ2) is 10.6. The van der Waals surface area contributed by atoms with Crippen molar-refractivity contribution in [2.45, 2.75) is 82.7 Å². The molecule has 200 valence electrons. The fourth-order valence-electron chi connectivity index (χ4n) is 6.09. The summed E-state index contributed by atoms with van der Waals surface area (Å²) >= 11 is 0. The maximum absolute atomic E-state index is 13.8. The van der Waals surface area contributed by atoms with Gasteiger partial charge in [0.2, 0.25) is 21.8 Å². The Morgan fingerprint density at radius 2 is 1.78 bits per heavy atom. The summed E-state index contributed by atoms with van der Waals surface area (Å²) < 4.78 is 30.4. The van der Waals surface area contributed by atoms with Crippen LogP contribution in [-0.4, -0.2) is 60.0 Å². The SMILES string of the molecule is Cc1nn(CC(=O)N2CCc3ccccc32)c(C)c1S(=O)(=O)N1CCCC(C(=O)NC2CCCCC2)C1. The average Bonchev–Trinajstić information content (AvgIpc) is 3.45. The third kappa shape index (κ3) is 5.18. The van der Waals surface area contributed by atoms with Crippen LogP contribution in [0.4, 0.5) is 5.69 Å². The van der Waals surface area contributed by atoms with Gasteiger partial charge in [-0.05, 0) is 57.6 Å². The third-order valence-electron chi connectivity index (χ3n) is 8.09. The standard InChI is InChI=1S/C27H37N5O4S/c1-19-26(20(2)32(29-19)18-25(33)31-16-14-21-9-6-7-13-24(21)31)37(35,36)30-15-8-10-22(17-30)27(34)28-23-11-4-3-5-12-23/h6-7,9,13,22-23H,3-5,8,10-12,14-18H2,1-2H3,(H,28,34). The Bertz CT molecular complexity index is 1280. The van der Waals surface area contributed by atoms with E-state index in [4.69, 9.17) is 0 Å². The monoisotopic (exact) mass is 527 g/mol. The maximum atomic E-state index is 13.8. The largest absolute Gasteiger partial charge is 0.353 e. The second-order valence-electron chi connectivity index (χ2n) is 10.6. The summed E-state index contributed by atoms with van der Waals surface area (Å²) in [5.74, 6) is -0.498. The van der Waals surface area contributed by atoms with Gasteiger partial charge in [-0.2, -0.15) is 9.40 Å². The quantitative estimate of drug-likeness (QED) is 0.622. The summed E-state index contributed by atoms with van der Waals surface area (Å²) in [6, 6.07) is 8.05. The van der Waals surface area contributed by atoms with Crippen molar-refractivity contribution < 1.29 is 18.0 Å². The zero-order chi connectivity index (χ0) is 26.2. The highest BCUT2D eigenvalue weighted by Crippen LogP contribution is 2.30. The van der Waals surface area contributed by atoms with E-state index in [-0.39, 0.29) is 41.8 Å². The van der Waals surface area contributed by atoms with Crippen LogP contribution in [0.15, 0.2) is 29.2 Å². The van der Waals surface area contributed by atoms with Crippen molar-refractivity contribution in [3.63, 3.8) is 0 Å². The van der Waals surface area contributed by atoms with Crippen LogP contribution in [0.25, 0.3) is 0 Å². The minimum Gasteiger partial charge on any atom is -0.353 e. The lowest BCUT2D eigenvalue weighted by Gasteiger charge is -2.32. The molecule has 0 spiro atoms. The number of aromatic nitrogens is 2. The summed E-state index contributed by atoms with van der Waals surface area (Å²) in [6.07, 6.45) is 7.61. The molecule has 5 rings (SSSR count). The number of fused-ring (bicyclic) bond motifs is 1. The van der Waals surface area contributed by atoms with E-state index in [2.05, 4.69) is 10.4 Å². The Morgan fingerprint density at radius 1 is 1.03 bits per heavy atom. The van der Waals surface area contributed by atoms with E-state index in [1.807, 2.05) is 24.3 Å². The van der Waals surface area contributed by atoms with Gasteiger partial charge in [0.25, 0.3) is 0 Å². The number of benzene rings is 1. The summed E-state index contributed by atoms with van der Waals surface area (Å²) in [4.78, 5) is 28.0. The molecule has 2 aliphatic heterocycles. The number of nitrogens with zero attached hydrogens (tertiary/aromatic N) is 4. The number of nitrogens with one attached hydrogen (secondary N) is 1. The lowest BCUT2D eigenvalue weighted by atomic mass is 9.93. The molecular formula is C27H37N5O4S. The van der Waals surface area contributed by atoms with E-state index in [9.17, 15) is 18.0 Å². The smallest absolute Gasteiger partial charge is 0.248 e. The molecule has 3 aliphatic rings. The summed E-state index contributed by atoms with van der Waals surface area (Å²) in [6.45, 7) is 4.51. The number of sulfonamides is 1. The van der Waals surface area contributed by atoms with Crippen molar-refractivity contribution >= 4 is 27.5 Å². The molecule has 0 radical (unpaired) electrons. The van der Waals surface area contributed by atoms with Gasteiger partial charge in [0.05, 0.1) is 17.3 Å². The van der Waals surface area contributed by atoms with Gasteiger partial charge in [-0.15, -0.1) is 0 Å². The fourth-order valence-corrected chi connectivity index (χ4v) is 7.99. The number of aryl methyl sites for hydroxylation is 1. The molecule has 1 N–H and O–H groups in total. The molecule has 3 heterocycles. The van der Waals surface area contributed by atoms with Crippen molar-refractivity contribution in [1.82, 2.24) is 19.4 Å². The van der Waals surface area contributed by atoms with Gasteiger partial charge in [0, 0.05) is 31.4 Å². The Morgan fingerprint density at radius 3 is 2.57 bits per heavy atom. The minimum absolute atomic E-state index is 0.0249. The van der Waals surface area contributed by atoms with Crippen LogP contribution in [0.2, 0.25) is 0 Å². The number of piperidine rings is 1. The molecule has 2 fully saturated rings. The fraction of sp³-hybridized carbons (Fsp3) is 0.593. The topological polar surface area (TPSA) is 105 Å². The molecule has 1 aliphatic carbocycles. The first-order chi connectivity index (χ1) is 17.8. The molecule has 37 heavy (non-hydrogen) atoms. The highest BCUT2D eigenvalue weighted by Gasteiger charge is 2.37. The van der Waals surface area contributed by atoms with Gasteiger partial charge >= 0.3 is 0 Å². The van der Waals surface area contributed by atoms with E-state index in [0.717, 1.165) is 43.4 Å². The van der Waals surface area contributed by atoms with Crippen molar-refractivity contribution in [3.8, 4) is 0 Å². The number of para-hydroxylation sites is 1. The number of hydrogen-bond donors (Lipinski definition) is 1. The molecule has 9 nitrogen and oxygen atoms in total. The van der Waals surface area contributed by atoms with Crippen molar-refractivity contribution in [1.29, 1.82) is 0 Å². The normalized spacial score (nSPS) is 21.1. The highest BCUT2D eigenvalue weighted by molar-refractivity contribution is 7.89. The number of hydrogen-bond acceptors (Lipinski definition) is 5. The molecule has 1 aromatic carbocycles. The second-order valence-corrected chi connectivity index (χ2v) is 12.5. The molecule has 2 amide bonds. The minimum atomic E-state index is -3.86. The molecule has 10 heteroatoms. The number of carbonyl (C=O) groups is 2. The Hall–Kier alpha value is -2.72. The highest BCUT2D eigenvalue weighted by atomic mass is 32.2. The molecule has 1 aromatic heterocycles. The third-order valence-corrected chi connectivity index (χ3v) is 10.2. The Balaban J connectivity index is 1.29. The molecule has 1 atom stereocenters. The molecule has 2 aromatic rings. The van der Waals surface area contributed by atoms with Gasteiger partial charge < -0.3 is 10.2 Å². The van der Waals surface area contributed by atoms with Crippen molar-refractivity contribution in [2.75, 3.05) is 24.5 Å². The summed E-state index contributed by atoms with van der Waals surface area (Å²) in [5.41, 5.74) is 2.88. The van der Waals surface area contributed by atoms with Crippen LogP contribution in [0, 0.1) is 19.8 Å². The molecule has 0 bridgehead atoms. The van der Waals surface area contributed by atoms with Crippen LogP contribution in [0.5, 0.6) is 0 Å². The van der Waals surface area contributed by atoms with Crippen LogP contribution in [0.3, 0.4) is 0 Å². The number of rotatable bonds is 6. The first-order valence-corrected chi connectivity index (χ1v) is 14.9. The van der Waals surface area contributed by atoms with Crippen molar-refractivity contribution in [2.24, 2.45) is 5.92 Å². The average molecular weight is 528 g/mol. The first kappa shape index (κ1) is 25.9.